The van der Waals surface area contributed by atoms with Crippen LogP contribution in [0.25, 0.3) is 0 Å². The van der Waals surface area contributed by atoms with Gasteiger partial charge in [0.05, 0.1) is 30.2 Å². The van der Waals surface area contributed by atoms with Crippen molar-refractivity contribution in [2.75, 3.05) is 25.2 Å². The summed E-state index contributed by atoms with van der Waals surface area (Å²) in [6, 6.07) is 2.84. The lowest BCUT2D eigenvalue weighted by Crippen LogP contribution is -2.52. The quantitative estimate of drug-likeness (QED) is 0.755. The number of ether oxygens (including phenoxy) is 1. The number of carbonyl (C=O) groups is 3. The molecule has 0 aliphatic carbocycles. The summed E-state index contributed by atoms with van der Waals surface area (Å²) >= 11 is 0. The summed E-state index contributed by atoms with van der Waals surface area (Å²) < 4.78 is 31.9. The molecule has 142 valence electrons. The maximum Gasteiger partial charge on any atom is 0.305 e. The molecule has 2 N–H and O–H groups in total. The molecule has 2 atom stereocenters. The van der Waals surface area contributed by atoms with E-state index >= 15 is 0 Å². The van der Waals surface area contributed by atoms with Crippen LogP contribution in [0.4, 0.5) is 14.5 Å². The van der Waals surface area contributed by atoms with Crippen LogP contribution >= 0.6 is 0 Å². The molecule has 7 nitrogen and oxygen atoms in total. The van der Waals surface area contributed by atoms with Crippen LogP contribution in [-0.2, 0) is 19.1 Å². The summed E-state index contributed by atoms with van der Waals surface area (Å²) in [4.78, 5) is 36.7. The standard InChI is InChI=1S/C17H20F2N2O5/c1-17(9-26-2,7-15(23)24)20-16(25)10-5-14(22)21(8-10)13-4-3-11(18)6-12(13)19/h3-4,6,10H,5,7-9H2,1-2H3,(H,20,25)(H,23,24). The van der Waals surface area contributed by atoms with E-state index in [0.29, 0.717) is 6.07 Å². The fourth-order valence-corrected chi connectivity index (χ4v) is 3.00. The van der Waals surface area contributed by atoms with Gasteiger partial charge in [0, 0.05) is 26.1 Å². The highest BCUT2D eigenvalue weighted by Crippen LogP contribution is 2.28. The second-order valence-electron chi connectivity index (χ2n) is 6.55. The highest BCUT2D eigenvalue weighted by Gasteiger charge is 2.39. The van der Waals surface area contributed by atoms with Crippen LogP contribution in [0.3, 0.4) is 0 Å². The Labute approximate surface area is 148 Å². The van der Waals surface area contributed by atoms with Crippen LogP contribution in [0.15, 0.2) is 18.2 Å². The Morgan fingerprint density at radius 1 is 1.42 bits per heavy atom. The number of hydrogen-bond acceptors (Lipinski definition) is 4. The number of hydrogen-bond donors (Lipinski definition) is 2. The van der Waals surface area contributed by atoms with Crippen LogP contribution in [0.5, 0.6) is 0 Å². The van der Waals surface area contributed by atoms with Crippen molar-refractivity contribution < 1.29 is 33.0 Å². The molecule has 0 spiro atoms. The third kappa shape index (κ3) is 4.54. The second kappa shape index (κ2) is 7.77. The van der Waals surface area contributed by atoms with Crippen LogP contribution in [0.2, 0.25) is 0 Å². The highest BCUT2D eigenvalue weighted by molar-refractivity contribution is 6.00. The summed E-state index contributed by atoms with van der Waals surface area (Å²) in [5.41, 5.74) is -1.24. The van der Waals surface area contributed by atoms with Gasteiger partial charge >= 0.3 is 5.97 Å². The van der Waals surface area contributed by atoms with E-state index < -0.39 is 40.9 Å². The molecule has 9 heteroatoms. The van der Waals surface area contributed by atoms with Crippen molar-refractivity contribution in [3.63, 3.8) is 0 Å². The first kappa shape index (κ1) is 19.8. The average molecular weight is 370 g/mol. The van der Waals surface area contributed by atoms with Gasteiger partial charge in [-0.3, -0.25) is 14.4 Å². The number of carboxylic acid groups (broad SMARTS) is 1. The fourth-order valence-electron chi connectivity index (χ4n) is 3.00. The molecule has 1 aromatic rings. The second-order valence-corrected chi connectivity index (χ2v) is 6.55. The summed E-state index contributed by atoms with van der Waals surface area (Å²) in [7, 11) is 1.38. The van der Waals surface area contributed by atoms with E-state index in [0.717, 1.165) is 17.0 Å². The number of halogens is 2. The number of benzene rings is 1. The molecule has 1 aliphatic heterocycles. The van der Waals surface area contributed by atoms with Gasteiger partial charge in [-0.1, -0.05) is 0 Å². The molecule has 1 heterocycles. The monoisotopic (exact) mass is 370 g/mol. The number of aliphatic carboxylic acids is 1. The molecule has 1 aromatic carbocycles. The number of methoxy groups -OCH3 is 1. The van der Waals surface area contributed by atoms with Crippen molar-refractivity contribution in [1.29, 1.82) is 0 Å². The van der Waals surface area contributed by atoms with Gasteiger partial charge in [-0.2, -0.15) is 0 Å². The van der Waals surface area contributed by atoms with E-state index in [-0.39, 0.29) is 31.7 Å². The predicted octanol–water partition coefficient (Wildman–Crippen LogP) is 1.31. The maximum absolute atomic E-state index is 13.9. The van der Waals surface area contributed by atoms with E-state index in [4.69, 9.17) is 9.84 Å². The maximum atomic E-state index is 13.9. The Balaban J connectivity index is 2.11. The molecule has 1 fully saturated rings. The Morgan fingerprint density at radius 3 is 2.69 bits per heavy atom. The minimum Gasteiger partial charge on any atom is -0.481 e. The molecule has 2 unspecified atom stereocenters. The lowest BCUT2D eigenvalue weighted by molar-refractivity contribution is -0.140. The first-order valence-corrected chi connectivity index (χ1v) is 7.93. The smallest absolute Gasteiger partial charge is 0.305 e. The fraction of sp³-hybridized carbons (Fsp3) is 0.471. The van der Waals surface area contributed by atoms with E-state index in [1.165, 1.54) is 14.0 Å². The topological polar surface area (TPSA) is 95.9 Å². The molecule has 26 heavy (non-hydrogen) atoms. The first-order chi connectivity index (χ1) is 12.1. The van der Waals surface area contributed by atoms with Crippen LogP contribution in [-0.4, -0.2) is 48.7 Å². The molecule has 0 saturated carbocycles. The molecule has 1 aliphatic rings. The minimum atomic E-state index is -1.14. The van der Waals surface area contributed by atoms with Gasteiger partial charge in [0.1, 0.15) is 11.6 Å². The molecule has 0 radical (unpaired) electrons. The Bertz CT molecular complexity index is 727. The van der Waals surface area contributed by atoms with Crippen LogP contribution in [0.1, 0.15) is 19.8 Å². The first-order valence-electron chi connectivity index (χ1n) is 7.93. The number of carbonyl (C=O) groups excluding carboxylic acids is 2. The number of nitrogens with one attached hydrogen (secondary N) is 1. The number of carboxylic acids is 1. The molecule has 1 saturated heterocycles. The minimum absolute atomic E-state index is 0.0258. The normalized spacial score (nSPS) is 19.3. The van der Waals surface area contributed by atoms with Crippen molar-refractivity contribution in [2.45, 2.75) is 25.3 Å². The Morgan fingerprint density at radius 2 is 2.12 bits per heavy atom. The average Bonchev–Trinajstić information content (AvgIpc) is 2.88. The van der Waals surface area contributed by atoms with Gasteiger partial charge < -0.3 is 20.1 Å². The van der Waals surface area contributed by atoms with Gasteiger partial charge in [0.2, 0.25) is 11.8 Å². The highest BCUT2D eigenvalue weighted by atomic mass is 19.1. The van der Waals surface area contributed by atoms with Gasteiger partial charge in [0.15, 0.2) is 0 Å². The largest absolute Gasteiger partial charge is 0.481 e. The van der Waals surface area contributed by atoms with E-state index in [9.17, 15) is 23.2 Å². The van der Waals surface area contributed by atoms with Crippen molar-refractivity contribution in [1.82, 2.24) is 5.32 Å². The molecule has 2 rings (SSSR count). The summed E-state index contributed by atoms with van der Waals surface area (Å²) in [6.45, 7) is 1.42. The SMILES string of the molecule is COCC(C)(CC(=O)O)NC(=O)C1CC(=O)N(c2ccc(F)cc2F)C1. The zero-order valence-electron chi connectivity index (χ0n) is 14.4. The lowest BCUT2D eigenvalue weighted by Gasteiger charge is -2.29. The zero-order chi connectivity index (χ0) is 19.5. The van der Waals surface area contributed by atoms with E-state index in [1.807, 2.05) is 0 Å². The molecule has 0 aromatic heterocycles. The van der Waals surface area contributed by atoms with E-state index in [2.05, 4.69) is 5.32 Å². The van der Waals surface area contributed by atoms with Crippen molar-refractivity contribution in [2.24, 2.45) is 5.92 Å². The Kier molecular flexibility index (Phi) is 5.91. The van der Waals surface area contributed by atoms with Gasteiger partial charge in [-0.25, -0.2) is 8.78 Å². The van der Waals surface area contributed by atoms with Crippen molar-refractivity contribution in [3.8, 4) is 0 Å². The third-order valence-corrected chi connectivity index (χ3v) is 4.13. The number of rotatable bonds is 7. The molecule has 2 amide bonds. The third-order valence-electron chi connectivity index (χ3n) is 4.13. The van der Waals surface area contributed by atoms with Crippen LogP contribution in [0, 0.1) is 17.6 Å². The number of nitrogens with zero attached hydrogens (tertiary/aromatic N) is 1. The number of anilines is 1. The van der Waals surface area contributed by atoms with Gasteiger partial charge in [0.25, 0.3) is 0 Å². The number of amides is 2. The summed E-state index contributed by atoms with van der Waals surface area (Å²) in [5.74, 6) is -4.54. The van der Waals surface area contributed by atoms with Gasteiger partial charge in [-0.15, -0.1) is 0 Å². The Hall–Kier alpha value is -2.55. The van der Waals surface area contributed by atoms with Crippen molar-refractivity contribution >= 4 is 23.5 Å². The molecular weight excluding hydrogens is 350 g/mol. The summed E-state index contributed by atoms with van der Waals surface area (Å²) in [5, 5.41) is 11.6. The van der Waals surface area contributed by atoms with Crippen LogP contribution < -0.4 is 10.2 Å². The molecule has 0 bridgehead atoms. The zero-order valence-corrected chi connectivity index (χ0v) is 14.4. The summed E-state index contributed by atoms with van der Waals surface area (Å²) in [6.07, 6.45) is -0.512. The molecular formula is C17H20F2N2O5. The van der Waals surface area contributed by atoms with Gasteiger partial charge in [-0.05, 0) is 19.1 Å². The predicted molar refractivity (Wildman–Crippen MR) is 87.5 cm³/mol. The van der Waals surface area contributed by atoms with E-state index in [1.54, 1.807) is 0 Å². The van der Waals surface area contributed by atoms with Crippen molar-refractivity contribution in [3.05, 3.63) is 29.8 Å². The lowest BCUT2D eigenvalue weighted by atomic mass is 9.97.